The highest BCUT2D eigenvalue weighted by Crippen LogP contribution is 2.11. The van der Waals surface area contributed by atoms with Crippen molar-refractivity contribution in [1.82, 2.24) is 20.0 Å². The van der Waals surface area contributed by atoms with Gasteiger partial charge in [-0.25, -0.2) is 0 Å². The smallest absolute Gasteiger partial charge is 0.236 e. The van der Waals surface area contributed by atoms with Crippen LogP contribution in [0.2, 0.25) is 0 Å². The fourth-order valence-corrected chi connectivity index (χ4v) is 3.68. The Labute approximate surface area is 144 Å². The Morgan fingerprint density at radius 1 is 0.917 bits per heavy atom. The predicted octanol–water partition coefficient (Wildman–Crippen LogP) is -0.478. The first kappa shape index (κ1) is 17.6. The second-order valence-corrected chi connectivity index (χ2v) is 7.08. The third-order valence-electron chi connectivity index (χ3n) is 5.20. The van der Waals surface area contributed by atoms with E-state index in [-0.39, 0.29) is 17.9 Å². The lowest BCUT2D eigenvalue weighted by atomic mass is 10.2. The van der Waals surface area contributed by atoms with E-state index in [0.29, 0.717) is 19.6 Å². The molecule has 0 aromatic carbocycles. The summed E-state index contributed by atoms with van der Waals surface area (Å²) < 4.78 is 5.51. The van der Waals surface area contributed by atoms with Crippen LogP contribution < -0.4 is 5.32 Å². The monoisotopic (exact) mass is 338 g/mol. The molecule has 1 atom stereocenters. The molecule has 0 aliphatic carbocycles. The van der Waals surface area contributed by atoms with Gasteiger partial charge in [-0.1, -0.05) is 0 Å². The minimum atomic E-state index is 0.0577. The summed E-state index contributed by atoms with van der Waals surface area (Å²) in [5.41, 5.74) is 0. The highest BCUT2D eigenvalue weighted by Gasteiger charge is 2.25. The van der Waals surface area contributed by atoms with Gasteiger partial charge in [0.05, 0.1) is 19.2 Å². The van der Waals surface area contributed by atoms with E-state index in [9.17, 15) is 9.59 Å². The summed E-state index contributed by atoms with van der Waals surface area (Å²) in [4.78, 5) is 30.6. The number of hydrogen-bond donors (Lipinski definition) is 1. The first-order valence-corrected chi connectivity index (χ1v) is 9.31. The molecule has 7 nitrogen and oxygen atoms in total. The van der Waals surface area contributed by atoms with E-state index in [1.165, 1.54) is 12.8 Å². The number of nitrogens with one attached hydrogen (secondary N) is 1. The molecule has 1 N–H and O–H groups in total. The summed E-state index contributed by atoms with van der Waals surface area (Å²) in [6.45, 7) is 7.52. The molecule has 0 aromatic heterocycles. The zero-order chi connectivity index (χ0) is 16.8. The van der Waals surface area contributed by atoms with Crippen molar-refractivity contribution in [2.24, 2.45) is 0 Å². The molecule has 1 unspecified atom stereocenters. The second-order valence-electron chi connectivity index (χ2n) is 7.08. The first-order chi connectivity index (χ1) is 11.7. The normalized spacial score (nSPS) is 26.0. The average molecular weight is 338 g/mol. The Balaban J connectivity index is 1.30. The zero-order valence-electron chi connectivity index (χ0n) is 14.5. The summed E-state index contributed by atoms with van der Waals surface area (Å²) in [7, 11) is 0. The van der Waals surface area contributed by atoms with Crippen molar-refractivity contribution < 1.29 is 14.3 Å². The summed E-state index contributed by atoms with van der Waals surface area (Å²) in [6, 6.07) is 0. The third-order valence-corrected chi connectivity index (χ3v) is 5.20. The van der Waals surface area contributed by atoms with Gasteiger partial charge in [0, 0.05) is 39.3 Å². The van der Waals surface area contributed by atoms with Gasteiger partial charge in [0.1, 0.15) is 0 Å². The van der Waals surface area contributed by atoms with Gasteiger partial charge >= 0.3 is 0 Å². The molecular weight excluding hydrogens is 308 g/mol. The summed E-state index contributed by atoms with van der Waals surface area (Å²) in [5.74, 6) is 0.293. The Morgan fingerprint density at radius 3 is 2.29 bits per heavy atom. The van der Waals surface area contributed by atoms with Crippen LogP contribution in [-0.4, -0.2) is 98.1 Å². The predicted molar refractivity (Wildman–Crippen MR) is 90.7 cm³/mol. The third kappa shape index (κ3) is 5.16. The van der Waals surface area contributed by atoms with Crippen molar-refractivity contribution in [3.63, 3.8) is 0 Å². The van der Waals surface area contributed by atoms with Crippen LogP contribution in [0, 0.1) is 0 Å². The maximum absolute atomic E-state index is 12.3. The van der Waals surface area contributed by atoms with Crippen molar-refractivity contribution in [2.75, 3.05) is 65.5 Å². The zero-order valence-corrected chi connectivity index (χ0v) is 14.5. The van der Waals surface area contributed by atoms with E-state index in [0.717, 1.165) is 58.7 Å². The first-order valence-electron chi connectivity index (χ1n) is 9.31. The Bertz CT molecular complexity index is 426. The van der Waals surface area contributed by atoms with Gasteiger partial charge in [-0.15, -0.1) is 0 Å². The number of piperazine rings is 1. The molecule has 0 bridgehead atoms. The molecule has 136 valence electrons. The van der Waals surface area contributed by atoms with Crippen LogP contribution in [0.1, 0.15) is 25.7 Å². The average Bonchev–Trinajstić information content (AvgIpc) is 3.27. The van der Waals surface area contributed by atoms with Gasteiger partial charge in [0.15, 0.2) is 0 Å². The van der Waals surface area contributed by atoms with E-state index in [1.807, 2.05) is 4.90 Å². The molecule has 0 spiro atoms. The topological polar surface area (TPSA) is 65.1 Å². The number of carbonyl (C=O) groups excluding carboxylic acids is 2. The fraction of sp³-hybridized carbons (Fsp3) is 0.882. The molecule has 2 amide bonds. The van der Waals surface area contributed by atoms with Crippen molar-refractivity contribution in [2.45, 2.75) is 31.8 Å². The molecule has 3 fully saturated rings. The lowest BCUT2D eigenvalue weighted by molar-refractivity contribution is -0.134. The molecule has 24 heavy (non-hydrogen) atoms. The van der Waals surface area contributed by atoms with Crippen LogP contribution >= 0.6 is 0 Å². The second kappa shape index (κ2) is 8.78. The van der Waals surface area contributed by atoms with Crippen molar-refractivity contribution in [1.29, 1.82) is 0 Å². The van der Waals surface area contributed by atoms with Crippen LogP contribution in [-0.2, 0) is 14.3 Å². The van der Waals surface area contributed by atoms with Crippen LogP contribution in [0.5, 0.6) is 0 Å². The van der Waals surface area contributed by atoms with Gasteiger partial charge in [-0.3, -0.25) is 19.4 Å². The maximum Gasteiger partial charge on any atom is 0.236 e. The summed E-state index contributed by atoms with van der Waals surface area (Å²) in [5, 5.41) is 2.96. The fourth-order valence-electron chi connectivity index (χ4n) is 3.68. The number of amides is 2. The molecule has 3 saturated heterocycles. The SMILES string of the molecule is O=C(CN1CCN(C(=O)CN2CCCC2)CC1)NCC1CCCO1. The Hall–Kier alpha value is -1.18. The molecule has 3 rings (SSSR count). The molecule has 0 saturated carbocycles. The number of carbonyl (C=O) groups is 2. The van der Waals surface area contributed by atoms with E-state index >= 15 is 0 Å². The Kier molecular flexibility index (Phi) is 6.45. The molecular formula is C17H30N4O3. The van der Waals surface area contributed by atoms with Gasteiger partial charge in [-0.05, 0) is 38.8 Å². The summed E-state index contributed by atoms with van der Waals surface area (Å²) in [6.07, 6.45) is 4.74. The van der Waals surface area contributed by atoms with Crippen molar-refractivity contribution in [3.05, 3.63) is 0 Å². The minimum absolute atomic E-state index is 0.0577. The van der Waals surface area contributed by atoms with E-state index < -0.39 is 0 Å². The molecule has 0 radical (unpaired) electrons. The number of rotatable bonds is 6. The van der Waals surface area contributed by atoms with Crippen molar-refractivity contribution >= 4 is 11.8 Å². The quantitative estimate of drug-likeness (QED) is 0.709. The molecule has 3 heterocycles. The van der Waals surface area contributed by atoms with Gasteiger partial charge in [-0.2, -0.15) is 0 Å². The molecule has 3 aliphatic heterocycles. The van der Waals surface area contributed by atoms with Gasteiger partial charge in [0.2, 0.25) is 11.8 Å². The van der Waals surface area contributed by atoms with Crippen molar-refractivity contribution in [3.8, 4) is 0 Å². The molecule has 0 aromatic rings. The standard InChI is InChI=1S/C17H30N4O3/c22-16(18-12-15-4-3-11-24-15)13-20-7-9-21(10-8-20)17(23)14-19-5-1-2-6-19/h15H,1-14H2,(H,18,22). The lowest BCUT2D eigenvalue weighted by Crippen LogP contribution is -2.53. The lowest BCUT2D eigenvalue weighted by Gasteiger charge is -2.35. The number of ether oxygens (including phenoxy) is 1. The number of nitrogens with zero attached hydrogens (tertiary/aromatic N) is 3. The van der Waals surface area contributed by atoms with Crippen LogP contribution in [0.4, 0.5) is 0 Å². The van der Waals surface area contributed by atoms with E-state index in [4.69, 9.17) is 4.74 Å². The van der Waals surface area contributed by atoms with E-state index in [2.05, 4.69) is 15.1 Å². The highest BCUT2D eigenvalue weighted by molar-refractivity contribution is 5.79. The van der Waals surface area contributed by atoms with Gasteiger partial charge in [0.25, 0.3) is 0 Å². The van der Waals surface area contributed by atoms with Crippen LogP contribution in [0.25, 0.3) is 0 Å². The maximum atomic E-state index is 12.3. The molecule has 7 heteroatoms. The highest BCUT2D eigenvalue weighted by atomic mass is 16.5. The largest absolute Gasteiger partial charge is 0.376 e. The number of hydrogen-bond acceptors (Lipinski definition) is 5. The van der Waals surface area contributed by atoms with Crippen LogP contribution in [0.15, 0.2) is 0 Å². The number of likely N-dealkylation sites (tertiary alicyclic amines) is 1. The summed E-state index contributed by atoms with van der Waals surface area (Å²) >= 11 is 0. The van der Waals surface area contributed by atoms with E-state index in [1.54, 1.807) is 0 Å². The Morgan fingerprint density at radius 2 is 1.62 bits per heavy atom. The minimum Gasteiger partial charge on any atom is -0.376 e. The van der Waals surface area contributed by atoms with Crippen LogP contribution in [0.3, 0.4) is 0 Å². The van der Waals surface area contributed by atoms with Gasteiger partial charge < -0.3 is 15.0 Å². The molecule has 3 aliphatic rings.